The van der Waals surface area contributed by atoms with Crippen LogP contribution in [-0.2, 0) is 38.4 Å². The Hall–Kier alpha value is -0.537. The van der Waals surface area contributed by atoms with Crippen molar-refractivity contribution in [1.29, 1.82) is 0 Å². The summed E-state index contributed by atoms with van der Waals surface area (Å²) in [6.45, 7) is 2.16. The molecule has 1 aromatic carbocycles. The summed E-state index contributed by atoms with van der Waals surface area (Å²) >= 11 is 0. The monoisotopic (exact) mass is 332 g/mol. The van der Waals surface area contributed by atoms with Crippen LogP contribution >= 0.6 is 0 Å². The van der Waals surface area contributed by atoms with Crippen LogP contribution in [0.4, 0.5) is 0 Å². The van der Waals surface area contributed by atoms with Crippen molar-refractivity contribution in [3.05, 3.63) is 35.9 Å². The summed E-state index contributed by atoms with van der Waals surface area (Å²) in [5.74, 6) is 5.63. The molecular weight excluding hydrogens is 314 g/mol. The SMILES string of the molecule is CCCCCCC(=O)C#Cc1ccccc1.[Co].[Co]. The van der Waals surface area contributed by atoms with E-state index in [1.807, 2.05) is 30.3 Å². The Morgan fingerprint density at radius 2 is 1.72 bits per heavy atom. The largest absolute Gasteiger partial charge is 0.285 e. The number of benzene rings is 1. The predicted molar refractivity (Wildman–Crippen MR) is 67.1 cm³/mol. The number of hydrogen-bond donors (Lipinski definition) is 0. The Balaban J connectivity index is 0. The van der Waals surface area contributed by atoms with Gasteiger partial charge in [-0.3, -0.25) is 4.79 Å². The smallest absolute Gasteiger partial charge is 0.205 e. The topological polar surface area (TPSA) is 17.1 Å². The van der Waals surface area contributed by atoms with E-state index in [9.17, 15) is 4.79 Å². The Labute approximate surface area is 131 Å². The molecule has 0 unspecified atom stereocenters. The Morgan fingerprint density at radius 1 is 1.06 bits per heavy atom. The van der Waals surface area contributed by atoms with Gasteiger partial charge in [0.25, 0.3) is 0 Å². The van der Waals surface area contributed by atoms with E-state index >= 15 is 0 Å². The number of carbonyl (C=O) groups is 1. The molecule has 1 rings (SSSR count). The molecule has 0 N–H and O–H groups in total. The van der Waals surface area contributed by atoms with Gasteiger partial charge in [-0.25, -0.2) is 0 Å². The van der Waals surface area contributed by atoms with Crippen LogP contribution in [0.1, 0.15) is 44.6 Å². The van der Waals surface area contributed by atoms with Crippen molar-refractivity contribution >= 4 is 5.78 Å². The summed E-state index contributed by atoms with van der Waals surface area (Å²) in [6.07, 6.45) is 5.11. The molecule has 0 aliphatic heterocycles. The van der Waals surface area contributed by atoms with E-state index in [0.29, 0.717) is 6.42 Å². The van der Waals surface area contributed by atoms with Gasteiger partial charge in [0.2, 0.25) is 5.78 Å². The van der Waals surface area contributed by atoms with E-state index < -0.39 is 0 Å². The van der Waals surface area contributed by atoms with Crippen LogP contribution in [-0.4, -0.2) is 5.78 Å². The molecule has 2 radical (unpaired) electrons. The van der Waals surface area contributed by atoms with Gasteiger partial charge in [-0.15, -0.1) is 0 Å². The van der Waals surface area contributed by atoms with Crippen molar-refractivity contribution in [3.63, 3.8) is 0 Å². The fourth-order valence-electron chi connectivity index (χ4n) is 1.44. The second kappa shape index (κ2) is 12.9. The first-order valence-corrected chi connectivity index (χ1v) is 5.93. The number of unbranched alkanes of at least 4 members (excludes halogenated alkanes) is 3. The maximum absolute atomic E-state index is 11.4. The first-order chi connectivity index (χ1) is 7.83. The zero-order valence-electron chi connectivity index (χ0n) is 10.5. The standard InChI is InChI=1S/C15H18O.2Co/c1-2-3-4-8-11-15(16)13-12-14-9-6-5-7-10-14;;/h5-7,9-10H,2-4,8,11H2,1H3;;. The van der Waals surface area contributed by atoms with Crippen molar-refractivity contribution in [3.8, 4) is 11.8 Å². The molecular formula is C15H18Co2O. The van der Waals surface area contributed by atoms with Crippen LogP contribution in [0.2, 0.25) is 0 Å². The summed E-state index contributed by atoms with van der Waals surface area (Å²) in [5, 5.41) is 0. The first kappa shape index (κ1) is 19.8. The number of carbonyl (C=O) groups excluding carboxylic acids is 1. The quantitative estimate of drug-likeness (QED) is 0.595. The summed E-state index contributed by atoms with van der Waals surface area (Å²) in [6, 6.07) is 9.62. The van der Waals surface area contributed by atoms with Crippen LogP contribution < -0.4 is 0 Å². The van der Waals surface area contributed by atoms with Gasteiger partial charge in [-0.05, 0) is 24.5 Å². The van der Waals surface area contributed by atoms with Gasteiger partial charge in [-0.2, -0.15) is 0 Å². The van der Waals surface area contributed by atoms with E-state index in [0.717, 1.165) is 18.4 Å². The summed E-state index contributed by atoms with van der Waals surface area (Å²) in [7, 11) is 0. The van der Waals surface area contributed by atoms with Gasteiger partial charge >= 0.3 is 0 Å². The van der Waals surface area contributed by atoms with Crippen LogP contribution in [0.3, 0.4) is 0 Å². The number of ketones is 1. The zero-order valence-corrected chi connectivity index (χ0v) is 12.6. The molecule has 0 amide bonds. The Morgan fingerprint density at radius 3 is 2.33 bits per heavy atom. The Kier molecular flexibility index (Phi) is 14.2. The molecule has 3 heteroatoms. The third-order valence-electron chi connectivity index (χ3n) is 2.38. The zero-order chi connectivity index (χ0) is 11.6. The predicted octanol–water partition coefficient (Wildman–Crippen LogP) is 3.57. The summed E-state index contributed by atoms with van der Waals surface area (Å²) in [5.41, 5.74) is 0.907. The molecule has 0 aliphatic carbocycles. The molecule has 1 aromatic rings. The normalized spacial score (nSPS) is 8.28. The molecule has 0 aromatic heterocycles. The minimum Gasteiger partial charge on any atom is -0.285 e. The van der Waals surface area contributed by atoms with Gasteiger partial charge in [0, 0.05) is 45.5 Å². The Bertz CT molecular complexity index is 376. The number of hydrogen-bond acceptors (Lipinski definition) is 1. The molecule has 102 valence electrons. The third-order valence-corrected chi connectivity index (χ3v) is 2.38. The minimum absolute atomic E-state index is 0. The van der Waals surface area contributed by atoms with Gasteiger partial charge in [0.15, 0.2) is 0 Å². The molecule has 1 nitrogen and oxygen atoms in total. The van der Waals surface area contributed by atoms with E-state index in [1.165, 1.54) is 12.8 Å². The van der Waals surface area contributed by atoms with Gasteiger partial charge < -0.3 is 0 Å². The third kappa shape index (κ3) is 9.49. The fourth-order valence-corrected chi connectivity index (χ4v) is 1.44. The molecule has 0 aliphatic rings. The fraction of sp³-hybridized carbons (Fsp3) is 0.400. The molecule has 18 heavy (non-hydrogen) atoms. The summed E-state index contributed by atoms with van der Waals surface area (Å²) in [4.78, 5) is 11.4. The second-order valence-electron chi connectivity index (χ2n) is 3.85. The van der Waals surface area contributed by atoms with E-state index in [1.54, 1.807) is 0 Å². The molecule has 0 heterocycles. The number of Topliss-reactive ketones (excluding diaryl/α,β-unsaturated/α-hetero) is 1. The first-order valence-electron chi connectivity index (χ1n) is 5.93. The van der Waals surface area contributed by atoms with Crippen LogP contribution in [0.5, 0.6) is 0 Å². The van der Waals surface area contributed by atoms with Crippen molar-refractivity contribution in [2.75, 3.05) is 0 Å². The van der Waals surface area contributed by atoms with E-state index in [4.69, 9.17) is 0 Å². The molecule has 0 atom stereocenters. The van der Waals surface area contributed by atoms with Crippen LogP contribution in [0.15, 0.2) is 30.3 Å². The van der Waals surface area contributed by atoms with E-state index in [2.05, 4.69) is 18.8 Å². The molecule has 0 saturated heterocycles. The van der Waals surface area contributed by atoms with Gasteiger partial charge in [0.05, 0.1) is 0 Å². The number of rotatable bonds is 5. The van der Waals surface area contributed by atoms with Crippen molar-refractivity contribution < 1.29 is 38.4 Å². The molecule has 0 spiro atoms. The maximum atomic E-state index is 11.4. The maximum Gasteiger partial charge on any atom is 0.205 e. The minimum atomic E-state index is 0. The second-order valence-corrected chi connectivity index (χ2v) is 3.85. The van der Waals surface area contributed by atoms with Crippen molar-refractivity contribution in [2.45, 2.75) is 39.0 Å². The van der Waals surface area contributed by atoms with Crippen molar-refractivity contribution in [2.24, 2.45) is 0 Å². The van der Waals surface area contributed by atoms with Crippen molar-refractivity contribution in [1.82, 2.24) is 0 Å². The van der Waals surface area contributed by atoms with Gasteiger partial charge in [-0.1, -0.05) is 50.3 Å². The average Bonchev–Trinajstić information content (AvgIpc) is 2.33. The van der Waals surface area contributed by atoms with Gasteiger partial charge in [0.1, 0.15) is 0 Å². The van der Waals surface area contributed by atoms with E-state index in [-0.39, 0.29) is 39.3 Å². The van der Waals surface area contributed by atoms with Crippen LogP contribution in [0, 0.1) is 11.8 Å². The summed E-state index contributed by atoms with van der Waals surface area (Å²) < 4.78 is 0. The average molecular weight is 332 g/mol. The molecule has 0 saturated carbocycles. The molecule has 0 fully saturated rings. The molecule has 0 bridgehead atoms. The van der Waals surface area contributed by atoms with Crippen LogP contribution in [0.25, 0.3) is 0 Å².